The van der Waals surface area contributed by atoms with Gasteiger partial charge >= 0.3 is 12.1 Å². The first-order valence-electron chi connectivity index (χ1n) is 7.22. The van der Waals surface area contributed by atoms with Gasteiger partial charge in [-0.2, -0.15) is 0 Å². The van der Waals surface area contributed by atoms with E-state index in [0.717, 1.165) is 12.8 Å². The maximum Gasteiger partial charge on any atom is 0.411 e. The van der Waals surface area contributed by atoms with Crippen LogP contribution in [0.25, 0.3) is 0 Å². The lowest BCUT2D eigenvalue weighted by Gasteiger charge is -2.35. The molecule has 0 aromatic rings. The Bertz CT molecular complexity index is 436. The first-order valence-corrected chi connectivity index (χ1v) is 7.22. The first kappa shape index (κ1) is 14.9. The van der Waals surface area contributed by atoms with E-state index in [-0.39, 0.29) is 24.1 Å². The number of fused-ring (bicyclic) bond motifs is 2. The second-order valence-corrected chi connectivity index (χ2v) is 6.25. The fourth-order valence-electron chi connectivity index (χ4n) is 2.84. The van der Waals surface area contributed by atoms with E-state index in [2.05, 4.69) is 0 Å². The highest BCUT2D eigenvalue weighted by molar-refractivity contribution is 5.91. The van der Waals surface area contributed by atoms with E-state index in [1.807, 2.05) is 26.8 Å². The van der Waals surface area contributed by atoms with Gasteiger partial charge in [-0.25, -0.2) is 9.59 Å². The average molecular weight is 281 g/mol. The minimum Gasteiger partial charge on any atom is -0.463 e. The van der Waals surface area contributed by atoms with Crippen LogP contribution in [0.2, 0.25) is 0 Å². The summed E-state index contributed by atoms with van der Waals surface area (Å²) < 4.78 is 10.5. The van der Waals surface area contributed by atoms with Crippen molar-refractivity contribution in [1.29, 1.82) is 0 Å². The zero-order valence-electron chi connectivity index (χ0n) is 12.6. The van der Waals surface area contributed by atoms with Crippen LogP contribution in [0, 0.1) is 0 Å². The molecule has 2 rings (SSSR count). The van der Waals surface area contributed by atoms with Crippen molar-refractivity contribution >= 4 is 12.1 Å². The zero-order chi connectivity index (χ0) is 14.9. The lowest BCUT2D eigenvalue weighted by atomic mass is 10.0. The summed E-state index contributed by atoms with van der Waals surface area (Å²) in [5.41, 5.74) is 0.0772. The molecule has 5 nitrogen and oxygen atoms in total. The number of hydrogen-bond acceptors (Lipinski definition) is 4. The van der Waals surface area contributed by atoms with Gasteiger partial charge in [0.25, 0.3) is 0 Å². The number of ether oxygens (including phenoxy) is 2. The number of carbonyl (C=O) groups excluding carboxylic acids is 2. The number of carbonyl (C=O) groups is 2. The summed E-state index contributed by atoms with van der Waals surface area (Å²) in [6.07, 6.45) is 3.99. The maximum absolute atomic E-state index is 12.3. The Hall–Kier alpha value is -1.52. The largest absolute Gasteiger partial charge is 0.463 e. The van der Waals surface area contributed by atoms with Crippen molar-refractivity contribution in [2.45, 2.75) is 64.6 Å². The topological polar surface area (TPSA) is 55.8 Å². The van der Waals surface area contributed by atoms with Gasteiger partial charge in [0, 0.05) is 6.04 Å². The maximum atomic E-state index is 12.3. The molecule has 2 aliphatic heterocycles. The van der Waals surface area contributed by atoms with Crippen LogP contribution in [0.5, 0.6) is 0 Å². The average Bonchev–Trinajstić information content (AvgIpc) is 2.62. The van der Waals surface area contributed by atoms with E-state index in [0.29, 0.717) is 18.6 Å². The molecule has 0 aliphatic carbocycles. The van der Waals surface area contributed by atoms with Gasteiger partial charge in [-0.15, -0.1) is 0 Å². The molecule has 0 saturated carbocycles. The van der Waals surface area contributed by atoms with Gasteiger partial charge in [-0.3, -0.25) is 4.90 Å². The minimum absolute atomic E-state index is 0.146. The van der Waals surface area contributed by atoms with E-state index < -0.39 is 5.60 Å². The van der Waals surface area contributed by atoms with Crippen molar-refractivity contribution in [2.75, 3.05) is 6.61 Å². The SMILES string of the molecule is CCOC(=O)C1=CCC2CC[C@@H]1N2C(=O)OC(C)(C)C. The number of nitrogens with zero attached hydrogens (tertiary/aromatic N) is 1. The van der Waals surface area contributed by atoms with Gasteiger partial charge in [0.05, 0.1) is 18.2 Å². The number of amides is 1. The fourth-order valence-corrected chi connectivity index (χ4v) is 2.84. The van der Waals surface area contributed by atoms with Crippen LogP contribution in [0.15, 0.2) is 11.6 Å². The van der Waals surface area contributed by atoms with Crippen LogP contribution in [-0.4, -0.2) is 41.3 Å². The first-order chi connectivity index (χ1) is 9.33. The normalized spacial score (nSPS) is 25.2. The van der Waals surface area contributed by atoms with Gasteiger partial charge in [-0.05, 0) is 47.0 Å². The third-order valence-corrected chi connectivity index (χ3v) is 3.59. The Morgan fingerprint density at radius 1 is 1.35 bits per heavy atom. The van der Waals surface area contributed by atoms with Gasteiger partial charge < -0.3 is 9.47 Å². The molecule has 112 valence electrons. The number of hydrogen-bond donors (Lipinski definition) is 0. The van der Waals surface area contributed by atoms with Crippen molar-refractivity contribution < 1.29 is 19.1 Å². The minimum atomic E-state index is -0.526. The van der Waals surface area contributed by atoms with Crippen molar-refractivity contribution in [2.24, 2.45) is 0 Å². The predicted molar refractivity (Wildman–Crippen MR) is 74.2 cm³/mol. The van der Waals surface area contributed by atoms with Gasteiger partial charge in [0.2, 0.25) is 0 Å². The summed E-state index contributed by atoms with van der Waals surface area (Å²) in [5.74, 6) is -0.314. The molecule has 20 heavy (non-hydrogen) atoms. The zero-order valence-corrected chi connectivity index (χ0v) is 12.6. The molecule has 0 spiro atoms. The molecule has 2 bridgehead atoms. The number of rotatable bonds is 2. The molecule has 2 aliphatic rings. The molecule has 1 unspecified atom stereocenters. The Balaban J connectivity index is 2.14. The monoisotopic (exact) mass is 281 g/mol. The molecule has 1 fully saturated rings. The molecular weight excluding hydrogens is 258 g/mol. The van der Waals surface area contributed by atoms with E-state index in [1.54, 1.807) is 11.8 Å². The fraction of sp³-hybridized carbons (Fsp3) is 0.733. The van der Waals surface area contributed by atoms with Gasteiger partial charge in [-0.1, -0.05) is 6.08 Å². The van der Waals surface area contributed by atoms with E-state index in [1.165, 1.54) is 0 Å². The number of esters is 1. The predicted octanol–water partition coefficient (Wildman–Crippen LogP) is 2.65. The van der Waals surface area contributed by atoms with E-state index >= 15 is 0 Å². The van der Waals surface area contributed by atoms with E-state index in [9.17, 15) is 9.59 Å². The van der Waals surface area contributed by atoms with E-state index in [4.69, 9.17) is 9.47 Å². The third-order valence-electron chi connectivity index (χ3n) is 3.59. The molecule has 2 atom stereocenters. The smallest absolute Gasteiger partial charge is 0.411 e. The van der Waals surface area contributed by atoms with Crippen LogP contribution >= 0.6 is 0 Å². The highest BCUT2D eigenvalue weighted by Crippen LogP contribution is 2.37. The van der Waals surface area contributed by atoms with Crippen LogP contribution < -0.4 is 0 Å². The van der Waals surface area contributed by atoms with Gasteiger partial charge in [0.1, 0.15) is 5.60 Å². The second-order valence-electron chi connectivity index (χ2n) is 6.25. The summed E-state index contributed by atoms with van der Waals surface area (Å²) in [4.78, 5) is 26.0. The summed E-state index contributed by atoms with van der Waals surface area (Å²) in [5, 5.41) is 0. The molecule has 0 N–H and O–H groups in total. The van der Waals surface area contributed by atoms with Crippen LogP contribution in [0.4, 0.5) is 4.79 Å². The summed E-state index contributed by atoms with van der Waals surface area (Å²) in [6, 6.07) is -0.0457. The summed E-state index contributed by atoms with van der Waals surface area (Å²) >= 11 is 0. The van der Waals surface area contributed by atoms with Crippen molar-refractivity contribution in [3.63, 3.8) is 0 Å². The third kappa shape index (κ3) is 2.97. The Labute approximate surface area is 119 Å². The molecule has 1 amide bonds. The molecular formula is C15H23NO4. The van der Waals surface area contributed by atoms with Crippen LogP contribution in [0.1, 0.15) is 47.0 Å². The molecule has 0 aromatic heterocycles. The standard InChI is InChI=1S/C15H23NO4/c1-5-19-13(17)11-8-6-10-7-9-12(11)16(10)14(18)20-15(2,3)4/h8,10,12H,5-7,9H2,1-4H3/t10?,12-/m0/s1. The van der Waals surface area contributed by atoms with Gasteiger partial charge in [0.15, 0.2) is 0 Å². The molecule has 1 saturated heterocycles. The Kier molecular flexibility index (Phi) is 4.06. The molecule has 0 radical (unpaired) electrons. The Morgan fingerprint density at radius 2 is 2.05 bits per heavy atom. The lowest BCUT2D eigenvalue weighted by molar-refractivity contribution is -0.139. The summed E-state index contributed by atoms with van der Waals surface area (Å²) in [7, 11) is 0. The van der Waals surface area contributed by atoms with Crippen molar-refractivity contribution in [3.05, 3.63) is 11.6 Å². The van der Waals surface area contributed by atoms with Crippen molar-refractivity contribution in [1.82, 2.24) is 4.90 Å². The molecule has 2 heterocycles. The van der Waals surface area contributed by atoms with Crippen LogP contribution in [0.3, 0.4) is 0 Å². The molecule has 5 heteroatoms. The second kappa shape index (κ2) is 5.46. The van der Waals surface area contributed by atoms with Crippen molar-refractivity contribution in [3.8, 4) is 0 Å². The highest BCUT2D eigenvalue weighted by Gasteiger charge is 2.45. The summed E-state index contributed by atoms with van der Waals surface area (Å²) in [6.45, 7) is 7.67. The quantitative estimate of drug-likeness (QED) is 0.730. The molecule has 0 aromatic carbocycles. The lowest BCUT2D eigenvalue weighted by Crippen LogP contribution is -2.47. The van der Waals surface area contributed by atoms with Crippen LogP contribution in [-0.2, 0) is 14.3 Å². The Morgan fingerprint density at radius 3 is 2.65 bits per heavy atom. The highest BCUT2D eigenvalue weighted by atomic mass is 16.6.